The molecule has 0 aromatic heterocycles. The average Bonchev–Trinajstić information content (AvgIpc) is 2.06. The monoisotopic (exact) mass is 153 g/mol. The fourth-order valence-electron chi connectivity index (χ4n) is 0.728. The van der Waals surface area contributed by atoms with Gasteiger partial charge in [0.25, 0.3) is 0 Å². The Hall–Kier alpha value is -0.720. The highest BCUT2D eigenvalue weighted by Crippen LogP contribution is 2.03. The van der Waals surface area contributed by atoms with Gasteiger partial charge < -0.3 is 5.32 Å². The smallest absolute Gasteiger partial charge is 0.0291 e. The predicted octanol–water partition coefficient (Wildman–Crippen LogP) is 2.71. The molecule has 0 spiro atoms. The highest BCUT2D eigenvalue weighted by Gasteiger charge is 1.90. The normalized spacial score (nSPS) is 15.5. The molecule has 0 rings (SSSR count). The van der Waals surface area contributed by atoms with E-state index in [1.54, 1.807) is 0 Å². The topological polar surface area (TPSA) is 12.0 Å². The third-order valence-electron chi connectivity index (χ3n) is 1.85. The van der Waals surface area contributed by atoms with Gasteiger partial charge in [-0.2, -0.15) is 0 Å². The fourth-order valence-corrected chi connectivity index (χ4v) is 0.728. The summed E-state index contributed by atoms with van der Waals surface area (Å²) in [7, 11) is 1.94. The zero-order valence-electron chi connectivity index (χ0n) is 8.02. The summed E-state index contributed by atoms with van der Waals surface area (Å²) in [4.78, 5) is 0. The van der Waals surface area contributed by atoms with Crippen molar-refractivity contribution in [2.24, 2.45) is 5.92 Å². The van der Waals surface area contributed by atoms with Crippen molar-refractivity contribution in [3.63, 3.8) is 0 Å². The van der Waals surface area contributed by atoms with Crippen molar-refractivity contribution in [1.82, 2.24) is 5.32 Å². The molecule has 0 radical (unpaired) electrons. The number of rotatable bonds is 4. The zero-order chi connectivity index (χ0) is 8.69. The van der Waals surface area contributed by atoms with Crippen LogP contribution in [0.15, 0.2) is 23.9 Å². The van der Waals surface area contributed by atoms with Gasteiger partial charge in [0, 0.05) is 12.7 Å². The fraction of sp³-hybridized carbons (Fsp3) is 0.600. The Morgan fingerprint density at radius 1 is 1.55 bits per heavy atom. The maximum absolute atomic E-state index is 3.11. The van der Waals surface area contributed by atoms with Crippen LogP contribution in [0.5, 0.6) is 0 Å². The highest BCUT2D eigenvalue weighted by molar-refractivity contribution is 5.15. The third kappa shape index (κ3) is 4.65. The van der Waals surface area contributed by atoms with Crippen molar-refractivity contribution in [3.8, 4) is 0 Å². The molecule has 64 valence electrons. The summed E-state index contributed by atoms with van der Waals surface area (Å²) in [6.07, 6.45) is 7.64. The van der Waals surface area contributed by atoms with Gasteiger partial charge in [0.2, 0.25) is 0 Å². The van der Waals surface area contributed by atoms with Crippen molar-refractivity contribution in [3.05, 3.63) is 23.9 Å². The van der Waals surface area contributed by atoms with E-state index in [2.05, 4.69) is 37.4 Å². The van der Waals surface area contributed by atoms with Crippen LogP contribution in [0, 0.1) is 5.92 Å². The van der Waals surface area contributed by atoms with E-state index >= 15 is 0 Å². The van der Waals surface area contributed by atoms with Crippen LogP contribution in [-0.4, -0.2) is 7.05 Å². The molecule has 1 nitrogen and oxygen atoms in total. The molecule has 1 heteroatoms. The molecule has 1 N–H and O–H groups in total. The van der Waals surface area contributed by atoms with Crippen molar-refractivity contribution in [2.45, 2.75) is 27.2 Å². The predicted molar refractivity (Wildman–Crippen MR) is 51.4 cm³/mol. The Labute approximate surface area is 70.2 Å². The summed E-state index contributed by atoms with van der Waals surface area (Å²) in [6.45, 7) is 6.45. The molecule has 0 saturated carbocycles. The second-order valence-electron chi connectivity index (χ2n) is 2.74. The Balaban J connectivity index is 3.89. The summed E-state index contributed by atoms with van der Waals surface area (Å²) in [5.74, 6) is 0.679. The van der Waals surface area contributed by atoms with Gasteiger partial charge in [0.05, 0.1) is 0 Å². The number of hydrogen-bond acceptors (Lipinski definition) is 1. The molecule has 0 amide bonds. The highest BCUT2D eigenvalue weighted by atomic mass is 14.8. The molecule has 0 aliphatic carbocycles. The van der Waals surface area contributed by atoms with E-state index in [-0.39, 0.29) is 0 Å². The largest absolute Gasteiger partial charge is 0.388 e. The van der Waals surface area contributed by atoms with Crippen LogP contribution in [0.25, 0.3) is 0 Å². The average molecular weight is 153 g/mol. The Morgan fingerprint density at radius 2 is 2.18 bits per heavy atom. The Kier molecular flexibility index (Phi) is 5.63. The first-order chi connectivity index (χ1) is 5.24. The summed E-state index contributed by atoms with van der Waals surface area (Å²) in [6, 6.07) is 0. The molecule has 0 aliphatic rings. The van der Waals surface area contributed by atoms with E-state index in [0.29, 0.717) is 5.92 Å². The molecule has 0 aromatic rings. The van der Waals surface area contributed by atoms with E-state index in [4.69, 9.17) is 0 Å². The molecular weight excluding hydrogens is 134 g/mol. The van der Waals surface area contributed by atoms with Gasteiger partial charge in [0.15, 0.2) is 0 Å². The van der Waals surface area contributed by atoms with Crippen LogP contribution in [-0.2, 0) is 0 Å². The number of allylic oxidation sites excluding steroid dienone is 3. The van der Waals surface area contributed by atoms with Crippen LogP contribution in [0.1, 0.15) is 27.2 Å². The molecule has 1 unspecified atom stereocenters. The van der Waals surface area contributed by atoms with Gasteiger partial charge in [-0.05, 0) is 18.9 Å². The number of hydrogen-bond donors (Lipinski definition) is 1. The van der Waals surface area contributed by atoms with Gasteiger partial charge in [-0.1, -0.05) is 32.4 Å². The minimum absolute atomic E-state index is 0.679. The standard InChI is InChI=1S/C10H19N/c1-5-9(3)7-8-10(6-2)11-4/h6-9,11H,5H2,1-4H3/b8-7-,10-6+. The first-order valence-corrected chi connectivity index (χ1v) is 4.26. The third-order valence-corrected chi connectivity index (χ3v) is 1.85. The van der Waals surface area contributed by atoms with Crippen LogP contribution in [0.3, 0.4) is 0 Å². The van der Waals surface area contributed by atoms with Crippen LogP contribution < -0.4 is 5.32 Å². The molecule has 1 atom stereocenters. The van der Waals surface area contributed by atoms with Crippen molar-refractivity contribution < 1.29 is 0 Å². The van der Waals surface area contributed by atoms with Gasteiger partial charge in [-0.3, -0.25) is 0 Å². The van der Waals surface area contributed by atoms with Crippen LogP contribution >= 0.6 is 0 Å². The van der Waals surface area contributed by atoms with Crippen molar-refractivity contribution >= 4 is 0 Å². The van der Waals surface area contributed by atoms with Crippen molar-refractivity contribution in [1.29, 1.82) is 0 Å². The summed E-state index contributed by atoms with van der Waals surface area (Å²) < 4.78 is 0. The molecule has 0 bridgehead atoms. The quantitative estimate of drug-likeness (QED) is 0.612. The molecule has 0 aliphatic heterocycles. The summed E-state index contributed by atoms with van der Waals surface area (Å²) in [5.41, 5.74) is 1.19. The Morgan fingerprint density at radius 3 is 2.55 bits per heavy atom. The lowest BCUT2D eigenvalue weighted by Gasteiger charge is -2.01. The van der Waals surface area contributed by atoms with Gasteiger partial charge in [0.1, 0.15) is 0 Å². The lowest BCUT2D eigenvalue weighted by Crippen LogP contribution is -2.02. The Bertz CT molecular complexity index is 145. The van der Waals surface area contributed by atoms with E-state index < -0.39 is 0 Å². The second-order valence-corrected chi connectivity index (χ2v) is 2.74. The molecule has 0 saturated heterocycles. The minimum atomic E-state index is 0.679. The van der Waals surface area contributed by atoms with Crippen LogP contribution in [0.2, 0.25) is 0 Å². The van der Waals surface area contributed by atoms with E-state index in [1.165, 1.54) is 12.1 Å². The van der Waals surface area contributed by atoms with Gasteiger partial charge >= 0.3 is 0 Å². The maximum atomic E-state index is 3.11. The lowest BCUT2D eigenvalue weighted by molar-refractivity contribution is 0.697. The molecule has 0 heterocycles. The molecule has 11 heavy (non-hydrogen) atoms. The SMILES string of the molecule is C/C=C(\C=C/C(C)CC)NC. The van der Waals surface area contributed by atoms with E-state index in [0.717, 1.165) is 0 Å². The van der Waals surface area contributed by atoms with Gasteiger partial charge in [-0.15, -0.1) is 0 Å². The first kappa shape index (κ1) is 10.3. The van der Waals surface area contributed by atoms with Crippen molar-refractivity contribution in [2.75, 3.05) is 7.05 Å². The van der Waals surface area contributed by atoms with E-state index in [9.17, 15) is 0 Å². The second kappa shape index (κ2) is 6.02. The zero-order valence-corrected chi connectivity index (χ0v) is 8.02. The molecular formula is C10H19N. The molecule has 0 fully saturated rings. The number of likely N-dealkylation sites (N-methyl/N-ethyl adjacent to an activating group) is 1. The summed E-state index contributed by atoms with van der Waals surface area (Å²) >= 11 is 0. The maximum Gasteiger partial charge on any atom is 0.0291 e. The lowest BCUT2D eigenvalue weighted by atomic mass is 10.1. The molecule has 0 aromatic carbocycles. The van der Waals surface area contributed by atoms with E-state index in [1.807, 2.05) is 14.0 Å². The van der Waals surface area contributed by atoms with Gasteiger partial charge in [-0.25, -0.2) is 0 Å². The number of nitrogens with one attached hydrogen (secondary N) is 1. The summed E-state index contributed by atoms with van der Waals surface area (Å²) in [5, 5.41) is 3.11. The van der Waals surface area contributed by atoms with Crippen LogP contribution in [0.4, 0.5) is 0 Å². The minimum Gasteiger partial charge on any atom is -0.388 e. The first-order valence-electron chi connectivity index (χ1n) is 4.26.